The Morgan fingerprint density at radius 1 is 1.32 bits per heavy atom. The molecule has 5 heteroatoms. The highest BCUT2D eigenvalue weighted by Gasteiger charge is 2.27. The second kappa shape index (κ2) is 6.84. The zero-order chi connectivity index (χ0) is 17.2. The molecule has 2 aliphatic heterocycles. The van der Waals surface area contributed by atoms with Gasteiger partial charge in [-0.05, 0) is 30.0 Å². The standard InChI is InChI=1S/C20H22N2O3/c1-14-10-15-4-2-3-5-18(15)22(12-14)20(23)16-6-8-21-19(11-16)25-17-7-9-24-13-17/h2-6,8,11,14,17H,7,9-10,12-13H2,1H3/t14-,17-/m0/s1. The fourth-order valence-electron chi connectivity index (χ4n) is 3.53. The Labute approximate surface area is 147 Å². The van der Waals surface area contributed by atoms with Gasteiger partial charge in [-0.1, -0.05) is 25.1 Å². The van der Waals surface area contributed by atoms with Crippen molar-refractivity contribution >= 4 is 11.6 Å². The first-order valence-electron chi connectivity index (χ1n) is 8.81. The molecule has 1 fully saturated rings. The van der Waals surface area contributed by atoms with Crippen molar-refractivity contribution in [3.8, 4) is 5.88 Å². The number of nitrogens with zero attached hydrogens (tertiary/aromatic N) is 2. The van der Waals surface area contributed by atoms with E-state index in [9.17, 15) is 4.79 Å². The summed E-state index contributed by atoms with van der Waals surface area (Å²) in [6.45, 7) is 4.20. The summed E-state index contributed by atoms with van der Waals surface area (Å²) in [6.07, 6.45) is 3.52. The highest BCUT2D eigenvalue weighted by molar-refractivity contribution is 6.06. The van der Waals surface area contributed by atoms with Crippen molar-refractivity contribution in [3.05, 3.63) is 53.7 Å². The number of rotatable bonds is 3. The van der Waals surface area contributed by atoms with E-state index in [4.69, 9.17) is 9.47 Å². The molecule has 0 saturated carbocycles. The van der Waals surface area contributed by atoms with Gasteiger partial charge in [0.2, 0.25) is 5.88 Å². The van der Waals surface area contributed by atoms with Gasteiger partial charge in [0.25, 0.3) is 5.91 Å². The number of anilines is 1. The van der Waals surface area contributed by atoms with Crippen LogP contribution in [-0.4, -0.2) is 36.8 Å². The molecule has 130 valence electrons. The Balaban J connectivity index is 1.58. The average Bonchev–Trinajstić information content (AvgIpc) is 3.13. The van der Waals surface area contributed by atoms with E-state index in [0.29, 0.717) is 30.6 Å². The molecule has 3 heterocycles. The molecule has 0 unspecified atom stereocenters. The number of pyridine rings is 1. The highest BCUT2D eigenvalue weighted by Crippen LogP contribution is 2.31. The molecule has 25 heavy (non-hydrogen) atoms. The summed E-state index contributed by atoms with van der Waals surface area (Å²) >= 11 is 0. The predicted octanol–water partition coefficient (Wildman–Crippen LogP) is 3.09. The quantitative estimate of drug-likeness (QED) is 0.863. The number of carbonyl (C=O) groups is 1. The molecule has 5 nitrogen and oxygen atoms in total. The molecular formula is C20H22N2O3. The van der Waals surface area contributed by atoms with E-state index in [0.717, 1.165) is 25.1 Å². The van der Waals surface area contributed by atoms with Crippen molar-refractivity contribution in [2.75, 3.05) is 24.7 Å². The van der Waals surface area contributed by atoms with Crippen molar-refractivity contribution < 1.29 is 14.3 Å². The molecule has 4 rings (SSSR count). The van der Waals surface area contributed by atoms with Crippen LogP contribution in [0, 0.1) is 5.92 Å². The molecule has 0 bridgehead atoms. The van der Waals surface area contributed by atoms with Crippen LogP contribution < -0.4 is 9.64 Å². The van der Waals surface area contributed by atoms with E-state index < -0.39 is 0 Å². The molecule has 0 spiro atoms. The minimum atomic E-state index is -0.00563. The van der Waals surface area contributed by atoms with Gasteiger partial charge in [0.15, 0.2) is 0 Å². The second-order valence-corrected chi connectivity index (χ2v) is 6.84. The first-order chi connectivity index (χ1) is 12.2. The summed E-state index contributed by atoms with van der Waals surface area (Å²) in [5.74, 6) is 0.917. The number of benzene rings is 1. The number of hydrogen-bond donors (Lipinski definition) is 0. The molecular weight excluding hydrogens is 316 g/mol. The lowest BCUT2D eigenvalue weighted by molar-refractivity contribution is 0.0979. The number of hydrogen-bond acceptors (Lipinski definition) is 4. The second-order valence-electron chi connectivity index (χ2n) is 6.84. The van der Waals surface area contributed by atoms with Gasteiger partial charge in [-0.2, -0.15) is 0 Å². The summed E-state index contributed by atoms with van der Waals surface area (Å²) in [5, 5.41) is 0. The summed E-state index contributed by atoms with van der Waals surface area (Å²) in [6, 6.07) is 11.6. The minimum Gasteiger partial charge on any atom is -0.472 e. The lowest BCUT2D eigenvalue weighted by atomic mass is 9.93. The maximum atomic E-state index is 13.1. The van der Waals surface area contributed by atoms with E-state index >= 15 is 0 Å². The van der Waals surface area contributed by atoms with Crippen LogP contribution in [-0.2, 0) is 11.2 Å². The van der Waals surface area contributed by atoms with Crippen LogP contribution >= 0.6 is 0 Å². The van der Waals surface area contributed by atoms with Crippen LogP contribution in [0.15, 0.2) is 42.6 Å². The van der Waals surface area contributed by atoms with Gasteiger partial charge in [-0.25, -0.2) is 4.98 Å². The van der Waals surface area contributed by atoms with E-state index in [1.54, 1.807) is 18.3 Å². The first kappa shape index (κ1) is 16.1. The smallest absolute Gasteiger partial charge is 0.258 e. The van der Waals surface area contributed by atoms with Crippen molar-refractivity contribution in [3.63, 3.8) is 0 Å². The number of aromatic nitrogens is 1. The van der Waals surface area contributed by atoms with Crippen LogP contribution in [0.3, 0.4) is 0 Å². The van der Waals surface area contributed by atoms with E-state index in [1.165, 1.54) is 5.56 Å². The average molecular weight is 338 g/mol. The molecule has 1 aromatic heterocycles. The summed E-state index contributed by atoms with van der Waals surface area (Å²) in [4.78, 5) is 19.2. The molecule has 1 amide bonds. The van der Waals surface area contributed by atoms with Crippen LogP contribution in [0.5, 0.6) is 5.88 Å². The number of fused-ring (bicyclic) bond motifs is 1. The van der Waals surface area contributed by atoms with Gasteiger partial charge in [0, 0.05) is 36.5 Å². The molecule has 2 atom stereocenters. The molecule has 2 aliphatic rings. The summed E-state index contributed by atoms with van der Waals surface area (Å²) in [7, 11) is 0. The summed E-state index contributed by atoms with van der Waals surface area (Å²) < 4.78 is 11.2. The van der Waals surface area contributed by atoms with Crippen LogP contribution in [0.2, 0.25) is 0 Å². The number of carbonyl (C=O) groups excluding carboxylic acids is 1. The Morgan fingerprint density at radius 2 is 2.20 bits per heavy atom. The van der Waals surface area contributed by atoms with Gasteiger partial charge in [0.05, 0.1) is 13.2 Å². The number of amides is 1. The highest BCUT2D eigenvalue weighted by atomic mass is 16.5. The predicted molar refractivity (Wildman–Crippen MR) is 95.1 cm³/mol. The van der Waals surface area contributed by atoms with Crippen LogP contribution in [0.25, 0.3) is 0 Å². The number of ether oxygens (including phenoxy) is 2. The molecule has 1 aromatic carbocycles. The molecule has 0 N–H and O–H groups in total. The Kier molecular flexibility index (Phi) is 4.40. The van der Waals surface area contributed by atoms with E-state index in [2.05, 4.69) is 18.0 Å². The first-order valence-corrected chi connectivity index (χ1v) is 8.81. The van der Waals surface area contributed by atoms with E-state index in [1.807, 2.05) is 23.1 Å². The topological polar surface area (TPSA) is 51.7 Å². The molecule has 1 saturated heterocycles. The Morgan fingerprint density at radius 3 is 3.04 bits per heavy atom. The van der Waals surface area contributed by atoms with Gasteiger partial charge in [0.1, 0.15) is 6.10 Å². The van der Waals surface area contributed by atoms with Gasteiger partial charge in [-0.15, -0.1) is 0 Å². The Hall–Kier alpha value is -2.40. The molecule has 0 radical (unpaired) electrons. The lowest BCUT2D eigenvalue weighted by Gasteiger charge is -2.33. The van der Waals surface area contributed by atoms with Crippen molar-refractivity contribution in [2.45, 2.75) is 25.9 Å². The summed E-state index contributed by atoms with van der Waals surface area (Å²) in [5.41, 5.74) is 2.84. The monoisotopic (exact) mass is 338 g/mol. The molecule has 2 aromatic rings. The van der Waals surface area contributed by atoms with Crippen molar-refractivity contribution in [1.29, 1.82) is 0 Å². The fourth-order valence-corrected chi connectivity index (χ4v) is 3.53. The SMILES string of the molecule is C[C@H]1Cc2ccccc2N(C(=O)c2ccnc(O[C@H]3CCOC3)c2)C1. The van der Waals surface area contributed by atoms with Gasteiger partial charge >= 0.3 is 0 Å². The normalized spacial score (nSPS) is 22.5. The van der Waals surface area contributed by atoms with Crippen LogP contribution in [0.4, 0.5) is 5.69 Å². The zero-order valence-electron chi connectivity index (χ0n) is 14.4. The van der Waals surface area contributed by atoms with Crippen LogP contribution in [0.1, 0.15) is 29.3 Å². The molecule has 0 aliphatic carbocycles. The number of para-hydroxylation sites is 1. The Bertz CT molecular complexity index is 771. The third-order valence-electron chi connectivity index (χ3n) is 4.75. The fraction of sp³-hybridized carbons (Fsp3) is 0.400. The maximum absolute atomic E-state index is 13.1. The van der Waals surface area contributed by atoms with Gasteiger partial charge < -0.3 is 14.4 Å². The lowest BCUT2D eigenvalue weighted by Crippen LogP contribution is -2.39. The maximum Gasteiger partial charge on any atom is 0.258 e. The minimum absolute atomic E-state index is 0.00563. The third kappa shape index (κ3) is 3.37. The van der Waals surface area contributed by atoms with E-state index in [-0.39, 0.29) is 12.0 Å². The van der Waals surface area contributed by atoms with Crippen molar-refractivity contribution in [2.24, 2.45) is 5.92 Å². The third-order valence-corrected chi connectivity index (χ3v) is 4.75. The zero-order valence-corrected chi connectivity index (χ0v) is 14.4. The van der Waals surface area contributed by atoms with Crippen molar-refractivity contribution in [1.82, 2.24) is 4.98 Å². The van der Waals surface area contributed by atoms with Gasteiger partial charge in [-0.3, -0.25) is 4.79 Å². The largest absolute Gasteiger partial charge is 0.472 e.